The summed E-state index contributed by atoms with van der Waals surface area (Å²) in [5.74, 6) is 9.05. The van der Waals surface area contributed by atoms with Gasteiger partial charge in [0.15, 0.2) is 11.5 Å². The fourth-order valence-electron chi connectivity index (χ4n) is 7.53. The zero-order chi connectivity index (χ0) is 22.1. The Bertz CT molecular complexity index is 1140. The summed E-state index contributed by atoms with van der Waals surface area (Å²) >= 11 is 0. The molecular weight excluding hydrogens is 398 g/mol. The van der Waals surface area contributed by atoms with Crippen molar-refractivity contribution in [1.29, 1.82) is 5.41 Å². The van der Waals surface area contributed by atoms with Crippen LogP contribution in [-0.4, -0.2) is 23.2 Å². The molecule has 0 saturated heterocycles. The maximum Gasteiger partial charge on any atom is 0.231 e. The van der Waals surface area contributed by atoms with Crippen molar-refractivity contribution < 1.29 is 14.6 Å². The van der Waals surface area contributed by atoms with Crippen molar-refractivity contribution in [3.63, 3.8) is 0 Å². The molecule has 4 heteroatoms. The molecule has 0 radical (unpaired) electrons. The number of fused-ring (bicyclic) bond motifs is 5. The summed E-state index contributed by atoms with van der Waals surface area (Å²) in [6.45, 7) is 4.41. The minimum atomic E-state index is -0.929. The molecule has 2 fully saturated rings. The van der Waals surface area contributed by atoms with Crippen LogP contribution in [0.4, 0.5) is 0 Å². The number of ether oxygens (including phenoxy) is 2. The van der Waals surface area contributed by atoms with Crippen LogP contribution < -0.4 is 9.47 Å². The largest absolute Gasteiger partial charge is 0.454 e. The highest BCUT2D eigenvalue weighted by atomic mass is 16.7. The second-order valence-corrected chi connectivity index (χ2v) is 10.4. The van der Waals surface area contributed by atoms with Crippen molar-refractivity contribution in [2.75, 3.05) is 6.79 Å². The van der Waals surface area contributed by atoms with E-state index in [9.17, 15) is 5.11 Å². The van der Waals surface area contributed by atoms with Gasteiger partial charge in [0.1, 0.15) is 5.60 Å². The van der Waals surface area contributed by atoms with Crippen molar-refractivity contribution in [3.8, 4) is 23.3 Å². The lowest BCUT2D eigenvalue weighted by Crippen LogP contribution is -2.51. The minimum Gasteiger partial charge on any atom is -0.454 e. The van der Waals surface area contributed by atoms with E-state index in [4.69, 9.17) is 14.9 Å². The van der Waals surface area contributed by atoms with Crippen molar-refractivity contribution in [3.05, 3.63) is 46.6 Å². The van der Waals surface area contributed by atoms with Gasteiger partial charge in [0.25, 0.3) is 0 Å². The van der Waals surface area contributed by atoms with Crippen LogP contribution in [0.15, 0.2) is 41.0 Å². The van der Waals surface area contributed by atoms with Gasteiger partial charge in [0.2, 0.25) is 6.79 Å². The SMILES string of the molecule is CC#C[C@@]1(O)CC[C@@H]2[C@H]3CCC4=CC(=N)CCC4=C3[C@H](c3ccc4c(c3)OCO4)C[C@]21C. The molecule has 6 rings (SSSR count). The second-order valence-electron chi connectivity index (χ2n) is 10.4. The standard InChI is InChI=1S/C28H31NO3/c1-3-11-28(30)12-10-23-21-7-4-17-13-19(29)6-8-20(17)26(21)22(15-27(23,28)2)18-5-9-24-25(14-18)32-16-31-24/h5,9,13-14,21-23,29-30H,4,6-8,10,12,15-16H2,1-2H3/t21-,22+,23-,27-,28-/m1/s1. The van der Waals surface area contributed by atoms with Gasteiger partial charge in [0, 0.05) is 17.0 Å². The third-order valence-corrected chi connectivity index (χ3v) is 9.05. The normalized spacial score (nSPS) is 37.2. The summed E-state index contributed by atoms with van der Waals surface area (Å²) in [5.41, 5.74) is 5.29. The van der Waals surface area contributed by atoms with Crippen LogP contribution in [0.3, 0.4) is 0 Å². The number of benzene rings is 1. The molecule has 32 heavy (non-hydrogen) atoms. The van der Waals surface area contributed by atoms with Crippen LogP contribution >= 0.6 is 0 Å². The second kappa shape index (κ2) is 6.99. The summed E-state index contributed by atoms with van der Waals surface area (Å²) < 4.78 is 11.3. The van der Waals surface area contributed by atoms with Gasteiger partial charge < -0.3 is 20.0 Å². The smallest absolute Gasteiger partial charge is 0.231 e. The van der Waals surface area contributed by atoms with Gasteiger partial charge in [-0.15, -0.1) is 5.92 Å². The van der Waals surface area contributed by atoms with Gasteiger partial charge >= 0.3 is 0 Å². The number of nitrogens with one attached hydrogen (secondary N) is 1. The number of rotatable bonds is 1. The summed E-state index contributed by atoms with van der Waals surface area (Å²) in [7, 11) is 0. The van der Waals surface area contributed by atoms with Crippen molar-refractivity contribution in [1.82, 2.24) is 0 Å². The van der Waals surface area contributed by atoms with E-state index in [1.54, 1.807) is 5.57 Å². The monoisotopic (exact) mass is 429 g/mol. The highest BCUT2D eigenvalue weighted by molar-refractivity contribution is 5.95. The first-order valence-corrected chi connectivity index (χ1v) is 12.0. The van der Waals surface area contributed by atoms with Gasteiger partial charge in [-0.3, -0.25) is 0 Å². The van der Waals surface area contributed by atoms with Gasteiger partial charge in [-0.05, 0) is 98.6 Å². The highest BCUT2D eigenvalue weighted by Gasteiger charge is 2.62. The first kappa shape index (κ1) is 20.1. The Kier molecular flexibility index (Phi) is 4.40. The molecule has 0 unspecified atom stereocenters. The average molecular weight is 430 g/mol. The van der Waals surface area contributed by atoms with Crippen LogP contribution in [0.1, 0.15) is 70.3 Å². The maximum atomic E-state index is 11.7. The molecule has 1 aliphatic heterocycles. The van der Waals surface area contributed by atoms with Gasteiger partial charge in [-0.2, -0.15) is 0 Å². The number of hydrogen-bond acceptors (Lipinski definition) is 4. The molecule has 166 valence electrons. The van der Waals surface area contributed by atoms with Gasteiger partial charge in [-0.1, -0.05) is 24.5 Å². The quantitative estimate of drug-likeness (QED) is 0.578. The molecular formula is C28H31NO3. The van der Waals surface area contributed by atoms with Crippen molar-refractivity contribution in [2.24, 2.45) is 17.3 Å². The molecule has 0 aromatic heterocycles. The van der Waals surface area contributed by atoms with Crippen LogP contribution in [0.5, 0.6) is 11.5 Å². The van der Waals surface area contributed by atoms with Crippen molar-refractivity contribution in [2.45, 2.75) is 70.3 Å². The lowest BCUT2D eigenvalue weighted by atomic mass is 9.51. The van der Waals surface area contributed by atoms with E-state index < -0.39 is 5.60 Å². The Labute approximate surface area is 190 Å². The molecule has 0 amide bonds. The Morgan fingerprint density at radius 3 is 2.81 bits per heavy atom. The van der Waals surface area contributed by atoms with Crippen LogP contribution in [0, 0.1) is 34.5 Å². The fraction of sp³-hybridized carbons (Fsp3) is 0.536. The molecule has 2 saturated carbocycles. The third kappa shape index (κ3) is 2.70. The Morgan fingerprint density at radius 1 is 1.12 bits per heavy atom. The van der Waals surface area contributed by atoms with E-state index in [1.807, 2.05) is 13.0 Å². The molecule has 2 N–H and O–H groups in total. The topological polar surface area (TPSA) is 62.5 Å². The zero-order valence-electron chi connectivity index (χ0n) is 19.0. The van der Waals surface area contributed by atoms with Crippen LogP contribution in [0.2, 0.25) is 0 Å². The fourth-order valence-corrected chi connectivity index (χ4v) is 7.53. The molecule has 4 nitrogen and oxygen atoms in total. The van der Waals surface area contributed by atoms with E-state index in [2.05, 4.69) is 37.0 Å². The molecule has 5 aliphatic rings. The Hall–Kier alpha value is -2.51. The molecule has 0 spiro atoms. The zero-order valence-corrected chi connectivity index (χ0v) is 19.0. The number of allylic oxidation sites excluding steroid dienone is 4. The summed E-state index contributed by atoms with van der Waals surface area (Å²) in [4.78, 5) is 0. The first-order valence-electron chi connectivity index (χ1n) is 12.0. The average Bonchev–Trinajstić information content (AvgIpc) is 3.35. The first-order chi connectivity index (χ1) is 15.4. The Balaban J connectivity index is 1.54. The maximum absolute atomic E-state index is 11.7. The molecule has 1 aromatic carbocycles. The van der Waals surface area contributed by atoms with E-state index in [1.165, 1.54) is 16.7 Å². The molecule has 1 heterocycles. The molecule has 4 aliphatic carbocycles. The van der Waals surface area contributed by atoms with Crippen LogP contribution in [0.25, 0.3) is 0 Å². The van der Waals surface area contributed by atoms with E-state index in [0.717, 1.165) is 62.2 Å². The predicted octanol–water partition coefficient (Wildman–Crippen LogP) is 5.52. The lowest BCUT2D eigenvalue weighted by molar-refractivity contribution is -0.0513. The number of hydrogen-bond donors (Lipinski definition) is 2. The summed E-state index contributed by atoms with van der Waals surface area (Å²) in [6, 6.07) is 6.38. The molecule has 0 bridgehead atoms. The van der Waals surface area contributed by atoms with Gasteiger partial charge in [0.05, 0.1) is 0 Å². The number of aliphatic hydroxyl groups is 1. The molecule has 1 aromatic rings. The molecule has 5 atom stereocenters. The Morgan fingerprint density at radius 2 is 1.97 bits per heavy atom. The van der Waals surface area contributed by atoms with Crippen molar-refractivity contribution >= 4 is 5.71 Å². The van der Waals surface area contributed by atoms with Crippen LogP contribution in [-0.2, 0) is 0 Å². The third-order valence-electron chi connectivity index (χ3n) is 9.05. The van der Waals surface area contributed by atoms with Gasteiger partial charge in [-0.25, -0.2) is 0 Å². The highest BCUT2D eigenvalue weighted by Crippen LogP contribution is 2.66. The summed E-state index contributed by atoms with van der Waals surface area (Å²) in [6.07, 6.45) is 8.76. The lowest BCUT2D eigenvalue weighted by Gasteiger charge is -2.53. The van der Waals surface area contributed by atoms with E-state index in [0.29, 0.717) is 11.8 Å². The predicted molar refractivity (Wildman–Crippen MR) is 124 cm³/mol. The van der Waals surface area contributed by atoms with E-state index >= 15 is 0 Å². The van der Waals surface area contributed by atoms with E-state index in [-0.39, 0.29) is 18.1 Å². The summed E-state index contributed by atoms with van der Waals surface area (Å²) in [5, 5.41) is 20.0. The minimum absolute atomic E-state index is 0.227.